The number of pyridine rings is 1. The maximum absolute atomic E-state index is 12.8. The molecule has 3 heterocycles. The summed E-state index contributed by atoms with van der Waals surface area (Å²) in [6, 6.07) is 18.3. The maximum Gasteiger partial charge on any atom is 0.256 e. The number of carbonyl (C=O) groups excluding carboxylic acids is 2. The fourth-order valence-corrected chi connectivity index (χ4v) is 3.77. The Hall–Kier alpha value is -4.27. The third-order valence-corrected chi connectivity index (χ3v) is 5.26. The molecule has 0 fully saturated rings. The zero-order valence-corrected chi connectivity index (χ0v) is 16.7. The summed E-state index contributed by atoms with van der Waals surface area (Å²) in [5.74, 6) is 0.138. The highest BCUT2D eigenvalue weighted by molar-refractivity contribution is 6.01. The first-order valence-corrected chi connectivity index (χ1v) is 9.77. The van der Waals surface area contributed by atoms with Gasteiger partial charge in [-0.1, -0.05) is 35.5 Å². The van der Waals surface area contributed by atoms with Crippen LogP contribution in [-0.4, -0.2) is 38.8 Å². The van der Waals surface area contributed by atoms with Crippen LogP contribution in [0.4, 0.5) is 11.5 Å². The predicted molar refractivity (Wildman–Crippen MR) is 115 cm³/mol. The van der Waals surface area contributed by atoms with Crippen molar-refractivity contribution in [3.63, 3.8) is 0 Å². The van der Waals surface area contributed by atoms with Gasteiger partial charge in [0.1, 0.15) is 24.0 Å². The van der Waals surface area contributed by atoms with E-state index in [1.165, 1.54) is 0 Å². The van der Waals surface area contributed by atoms with E-state index in [4.69, 9.17) is 0 Å². The number of hydrogen-bond acceptors (Lipinski definition) is 6. The average Bonchev–Trinajstić information content (AvgIpc) is 3.19. The summed E-state index contributed by atoms with van der Waals surface area (Å²) in [7, 11) is 1.86. The summed E-state index contributed by atoms with van der Waals surface area (Å²) in [5, 5.41) is 14.1. The third kappa shape index (κ3) is 3.35. The Labute approximate surface area is 177 Å². The molecule has 1 aliphatic rings. The second-order valence-corrected chi connectivity index (χ2v) is 7.23. The summed E-state index contributed by atoms with van der Waals surface area (Å²) >= 11 is 0. The lowest BCUT2D eigenvalue weighted by atomic mass is 10.0. The molecule has 0 saturated carbocycles. The van der Waals surface area contributed by atoms with Crippen molar-refractivity contribution in [2.75, 3.05) is 17.3 Å². The van der Waals surface area contributed by atoms with Crippen LogP contribution < -0.4 is 15.5 Å². The van der Waals surface area contributed by atoms with Crippen molar-refractivity contribution in [3.8, 4) is 0 Å². The molecule has 1 atom stereocenters. The SMILES string of the molecule is CN1c2ncccc2C(=O)N[C@@H]1c1ccccc1NC(=O)Cn1nnc2ccccc21. The van der Waals surface area contributed by atoms with Gasteiger partial charge in [0.25, 0.3) is 5.91 Å². The molecule has 0 radical (unpaired) electrons. The lowest BCUT2D eigenvalue weighted by Crippen LogP contribution is -2.45. The van der Waals surface area contributed by atoms with Crippen LogP contribution in [0, 0.1) is 0 Å². The molecule has 0 aliphatic carbocycles. The molecule has 4 aromatic rings. The number of benzene rings is 2. The molecular weight excluding hydrogens is 394 g/mol. The van der Waals surface area contributed by atoms with Crippen LogP contribution in [0.25, 0.3) is 11.0 Å². The largest absolute Gasteiger partial charge is 0.335 e. The Kier molecular flexibility index (Phi) is 4.55. The standard InChI is InChI=1S/C22H19N7O2/c1-28-20-15(8-6-12-23-20)22(31)25-21(28)14-7-2-3-9-16(14)24-19(30)13-29-18-11-5-4-10-17(18)26-27-29/h2-12,21H,13H2,1H3,(H,24,30)(H,25,31)/t21-/m0/s1. The van der Waals surface area contributed by atoms with Crippen molar-refractivity contribution in [3.05, 3.63) is 78.0 Å². The minimum absolute atomic E-state index is 0.0199. The number of anilines is 2. The average molecular weight is 413 g/mol. The molecule has 2 amide bonds. The zero-order chi connectivity index (χ0) is 21.4. The molecule has 2 N–H and O–H groups in total. The summed E-state index contributed by atoms with van der Waals surface area (Å²) in [5.41, 5.74) is 3.39. The Balaban J connectivity index is 1.41. The van der Waals surface area contributed by atoms with Gasteiger partial charge >= 0.3 is 0 Å². The van der Waals surface area contributed by atoms with Crippen molar-refractivity contribution in [1.82, 2.24) is 25.3 Å². The molecule has 154 valence electrons. The van der Waals surface area contributed by atoms with Crippen LogP contribution in [0.2, 0.25) is 0 Å². The number of carbonyl (C=O) groups is 2. The van der Waals surface area contributed by atoms with E-state index < -0.39 is 6.17 Å². The van der Waals surface area contributed by atoms with Crippen molar-refractivity contribution >= 4 is 34.4 Å². The quantitative estimate of drug-likeness (QED) is 0.532. The van der Waals surface area contributed by atoms with Gasteiger partial charge in [-0.15, -0.1) is 5.10 Å². The van der Waals surface area contributed by atoms with Gasteiger partial charge in [0, 0.05) is 24.5 Å². The van der Waals surface area contributed by atoms with Gasteiger partial charge in [-0.25, -0.2) is 9.67 Å². The van der Waals surface area contributed by atoms with Crippen LogP contribution in [0.1, 0.15) is 22.1 Å². The van der Waals surface area contributed by atoms with Gasteiger partial charge in [0.15, 0.2) is 0 Å². The minimum Gasteiger partial charge on any atom is -0.335 e. The van der Waals surface area contributed by atoms with Gasteiger partial charge in [0.05, 0.1) is 11.1 Å². The van der Waals surface area contributed by atoms with Gasteiger partial charge in [0.2, 0.25) is 5.91 Å². The van der Waals surface area contributed by atoms with E-state index >= 15 is 0 Å². The Morgan fingerprint density at radius 3 is 2.81 bits per heavy atom. The smallest absolute Gasteiger partial charge is 0.256 e. The molecule has 9 heteroatoms. The lowest BCUT2D eigenvalue weighted by Gasteiger charge is -2.36. The lowest BCUT2D eigenvalue weighted by molar-refractivity contribution is -0.116. The number of hydrogen-bond donors (Lipinski definition) is 2. The van der Waals surface area contributed by atoms with Gasteiger partial charge in [-0.05, 0) is 30.3 Å². The molecule has 0 saturated heterocycles. The first-order valence-electron chi connectivity index (χ1n) is 9.77. The molecule has 0 bridgehead atoms. The van der Waals surface area contributed by atoms with Crippen LogP contribution >= 0.6 is 0 Å². The summed E-state index contributed by atoms with van der Waals surface area (Å²) < 4.78 is 1.56. The number of aromatic nitrogens is 4. The van der Waals surface area contributed by atoms with Crippen LogP contribution in [-0.2, 0) is 11.3 Å². The molecule has 2 aromatic heterocycles. The van der Waals surface area contributed by atoms with Crippen LogP contribution in [0.3, 0.4) is 0 Å². The number of nitrogens with zero attached hydrogens (tertiary/aromatic N) is 5. The first-order chi connectivity index (χ1) is 15.1. The predicted octanol–water partition coefficient (Wildman–Crippen LogP) is 2.34. The van der Waals surface area contributed by atoms with Crippen molar-refractivity contribution in [2.24, 2.45) is 0 Å². The highest BCUT2D eigenvalue weighted by Crippen LogP contribution is 2.33. The number of para-hydroxylation sites is 2. The van der Waals surface area contributed by atoms with E-state index in [0.29, 0.717) is 17.1 Å². The normalized spacial score (nSPS) is 15.5. The molecule has 2 aromatic carbocycles. The number of amides is 2. The minimum atomic E-state index is -0.474. The number of nitrogens with one attached hydrogen (secondary N) is 2. The van der Waals surface area contributed by atoms with E-state index in [2.05, 4.69) is 25.9 Å². The Morgan fingerprint density at radius 1 is 1.10 bits per heavy atom. The molecule has 31 heavy (non-hydrogen) atoms. The molecule has 9 nitrogen and oxygen atoms in total. The number of fused-ring (bicyclic) bond motifs is 2. The van der Waals surface area contributed by atoms with Gasteiger partial charge < -0.3 is 15.5 Å². The molecule has 0 unspecified atom stereocenters. The summed E-state index contributed by atoms with van der Waals surface area (Å²) in [6.07, 6.45) is 1.18. The topological polar surface area (TPSA) is 105 Å². The van der Waals surface area contributed by atoms with Gasteiger partial charge in [-0.2, -0.15) is 0 Å². The second-order valence-electron chi connectivity index (χ2n) is 7.23. The van der Waals surface area contributed by atoms with E-state index in [-0.39, 0.29) is 18.4 Å². The fraction of sp³-hybridized carbons (Fsp3) is 0.136. The third-order valence-electron chi connectivity index (χ3n) is 5.26. The molecule has 5 rings (SSSR count). The van der Waals surface area contributed by atoms with Gasteiger partial charge in [-0.3, -0.25) is 9.59 Å². The van der Waals surface area contributed by atoms with E-state index in [0.717, 1.165) is 16.6 Å². The van der Waals surface area contributed by atoms with E-state index in [1.54, 1.807) is 29.1 Å². The molecule has 0 spiro atoms. The summed E-state index contributed by atoms with van der Waals surface area (Å²) in [6.45, 7) is 0.0199. The van der Waals surface area contributed by atoms with Crippen molar-refractivity contribution in [2.45, 2.75) is 12.7 Å². The highest BCUT2D eigenvalue weighted by Gasteiger charge is 2.31. The summed E-state index contributed by atoms with van der Waals surface area (Å²) in [4.78, 5) is 31.6. The maximum atomic E-state index is 12.8. The molecule has 1 aliphatic heterocycles. The zero-order valence-electron chi connectivity index (χ0n) is 16.7. The number of rotatable bonds is 4. The monoisotopic (exact) mass is 413 g/mol. The molecular formula is C22H19N7O2. The van der Waals surface area contributed by atoms with Crippen LogP contribution in [0.15, 0.2) is 66.9 Å². The van der Waals surface area contributed by atoms with Crippen molar-refractivity contribution in [1.29, 1.82) is 0 Å². The Morgan fingerprint density at radius 2 is 1.90 bits per heavy atom. The Bertz CT molecular complexity index is 1300. The van der Waals surface area contributed by atoms with Crippen LogP contribution in [0.5, 0.6) is 0 Å². The van der Waals surface area contributed by atoms with Crippen molar-refractivity contribution < 1.29 is 9.59 Å². The van der Waals surface area contributed by atoms with E-state index in [9.17, 15) is 9.59 Å². The fourth-order valence-electron chi connectivity index (χ4n) is 3.77. The van der Waals surface area contributed by atoms with E-state index in [1.807, 2.05) is 54.4 Å². The highest BCUT2D eigenvalue weighted by atomic mass is 16.2. The second kappa shape index (κ2) is 7.52. The first kappa shape index (κ1) is 18.7.